The van der Waals surface area contributed by atoms with Gasteiger partial charge in [0.05, 0.1) is 6.61 Å². The van der Waals surface area contributed by atoms with Gasteiger partial charge < -0.3 is 19.7 Å². The van der Waals surface area contributed by atoms with Crippen LogP contribution in [0.15, 0.2) is 21.9 Å². The van der Waals surface area contributed by atoms with Gasteiger partial charge >= 0.3 is 5.69 Å². The predicted molar refractivity (Wildman–Crippen MR) is 59.1 cm³/mol. The van der Waals surface area contributed by atoms with Crippen LogP contribution in [0, 0.1) is 0 Å². The van der Waals surface area contributed by atoms with Crippen molar-refractivity contribution in [3.63, 3.8) is 0 Å². The van der Waals surface area contributed by atoms with E-state index < -0.39 is 35.8 Å². The van der Waals surface area contributed by atoms with Gasteiger partial charge in [0.1, 0.15) is 18.3 Å². The maximum Gasteiger partial charge on any atom is 0.330 e. The number of aliphatic hydroxyl groups excluding tert-OH is 2. The maximum atomic E-state index is 11.6. The molecule has 0 saturated carbocycles. The highest BCUT2D eigenvalue weighted by Gasteiger charge is 2.44. The van der Waals surface area contributed by atoms with Gasteiger partial charge in [-0.3, -0.25) is 14.3 Å². The molecule has 1 fully saturated rings. The van der Waals surface area contributed by atoms with Crippen LogP contribution in [0.4, 0.5) is 0 Å². The predicted octanol–water partition coefficient (Wildman–Crippen LogP) is -2.20. The molecule has 100 valence electrons. The first-order valence-corrected chi connectivity index (χ1v) is 5.37. The highest BCUT2D eigenvalue weighted by Crippen LogP contribution is 2.29. The van der Waals surface area contributed by atoms with E-state index in [1.54, 1.807) is 0 Å². The molecular weight excluding hydrogens is 244 g/mol. The van der Waals surface area contributed by atoms with E-state index in [4.69, 9.17) is 14.6 Å². The molecule has 2 rings (SSSR count). The van der Waals surface area contributed by atoms with Gasteiger partial charge in [0.15, 0.2) is 6.23 Å². The summed E-state index contributed by atoms with van der Waals surface area (Å²) in [5.41, 5.74) is -1.23. The SMILES string of the molecule is COC1C(CO)OC(n2ccc(=O)[nH]c2=O)C1O. The Balaban J connectivity index is 2.34. The number of aromatic amines is 1. The highest BCUT2D eigenvalue weighted by molar-refractivity contribution is 4.93. The summed E-state index contributed by atoms with van der Waals surface area (Å²) in [6.45, 7) is -0.343. The van der Waals surface area contributed by atoms with Gasteiger partial charge in [-0.25, -0.2) is 4.79 Å². The van der Waals surface area contributed by atoms with Crippen molar-refractivity contribution in [2.75, 3.05) is 13.7 Å². The minimum absolute atomic E-state index is 0.343. The number of aromatic nitrogens is 2. The van der Waals surface area contributed by atoms with Crippen LogP contribution in [0.3, 0.4) is 0 Å². The summed E-state index contributed by atoms with van der Waals surface area (Å²) >= 11 is 0. The Morgan fingerprint density at radius 3 is 2.78 bits per heavy atom. The zero-order valence-corrected chi connectivity index (χ0v) is 9.65. The van der Waals surface area contributed by atoms with Crippen molar-refractivity contribution in [1.29, 1.82) is 0 Å². The van der Waals surface area contributed by atoms with Crippen LogP contribution in [0.1, 0.15) is 6.23 Å². The fourth-order valence-electron chi connectivity index (χ4n) is 2.02. The van der Waals surface area contributed by atoms with Gasteiger partial charge in [-0.15, -0.1) is 0 Å². The Kier molecular flexibility index (Phi) is 3.62. The molecule has 8 nitrogen and oxygen atoms in total. The van der Waals surface area contributed by atoms with Gasteiger partial charge in [-0.2, -0.15) is 0 Å². The van der Waals surface area contributed by atoms with Crippen molar-refractivity contribution in [1.82, 2.24) is 9.55 Å². The minimum atomic E-state index is -1.12. The second-order valence-corrected chi connectivity index (χ2v) is 3.96. The number of aliphatic hydroxyl groups is 2. The third-order valence-electron chi connectivity index (χ3n) is 2.89. The summed E-state index contributed by atoms with van der Waals surface area (Å²) in [5, 5.41) is 19.1. The number of nitrogens with zero attached hydrogens (tertiary/aromatic N) is 1. The number of H-pyrrole nitrogens is 1. The third-order valence-corrected chi connectivity index (χ3v) is 2.89. The fourth-order valence-corrected chi connectivity index (χ4v) is 2.02. The number of nitrogens with one attached hydrogen (secondary N) is 1. The standard InChI is InChI=1S/C10H14N2O6/c1-17-8-5(4-13)18-9(7(8)15)12-3-2-6(14)11-10(12)16/h2-3,5,7-9,13,15H,4H2,1H3,(H,11,14,16). The Morgan fingerprint density at radius 1 is 1.56 bits per heavy atom. The van der Waals surface area contributed by atoms with Crippen LogP contribution < -0.4 is 11.2 Å². The monoisotopic (exact) mass is 258 g/mol. The lowest BCUT2D eigenvalue weighted by Gasteiger charge is -2.17. The van der Waals surface area contributed by atoms with Crippen molar-refractivity contribution >= 4 is 0 Å². The molecule has 0 aliphatic carbocycles. The van der Waals surface area contributed by atoms with Gasteiger partial charge in [0.25, 0.3) is 5.56 Å². The summed E-state index contributed by atoms with van der Waals surface area (Å²) in [6, 6.07) is 1.14. The van der Waals surface area contributed by atoms with Crippen LogP contribution in [-0.2, 0) is 9.47 Å². The Morgan fingerprint density at radius 2 is 2.28 bits per heavy atom. The summed E-state index contributed by atoms with van der Waals surface area (Å²) in [5.74, 6) is 0. The quantitative estimate of drug-likeness (QED) is 0.567. The van der Waals surface area contributed by atoms with Crippen LogP contribution in [0.5, 0.6) is 0 Å². The van der Waals surface area contributed by atoms with E-state index in [1.165, 1.54) is 13.3 Å². The van der Waals surface area contributed by atoms with Crippen LogP contribution in [-0.4, -0.2) is 51.8 Å². The van der Waals surface area contributed by atoms with E-state index >= 15 is 0 Å². The highest BCUT2D eigenvalue weighted by atomic mass is 16.6. The van der Waals surface area contributed by atoms with E-state index in [1.807, 2.05) is 0 Å². The number of ether oxygens (including phenoxy) is 2. The molecule has 0 spiro atoms. The maximum absolute atomic E-state index is 11.6. The van der Waals surface area contributed by atoms with Gasteiger partial charge in [-0.1, -0.05) is 0 Å². The number of hydrogen-bond donors (Lipinski definition) is 3. The third kappa shape index (κ3) is 2.10. The average molecular weight is 258 g/mol. The van der Waals surface area contributed by atoms with Crippen molar-refractivity contribution < 1.29 is 19.7 Å². The molecule has 0 amide bonds. The summed E-state index contributed by atoms with van der Waals surface area (Å²) < 4.78 is 11.4. The lowest BCUT2D eigenvalue weighted by atomic mass is 10.1. The van der Waals surface area contributed by atoms with E-state index in [9.17, 15) is 14.7 Å². The molecule has 8 heteroatoms. The molecule has 4 unspecified atom stereocenters. The van der Waals surface area contributed by atoms with Gasteiger partial charge in [0.2, 0.25) is 0 Å². The van der Waals surface area contributed by atoms with Gasteiger partial charge in [0, 0.05) is 19.4 Å². The van der Waals surface area contributed by atoms with E-state index in [2.05, 4.69) is 4.98 Å². The molecular formula is C10H14N2O6. The smallest absolute Gasteiger partial charge is 0.330 e. The second-order valence-electron chi connectivity index (χ2n) is 3.96. The molecule has 2 heterocycles. The normalized spacial score (nSPS) is 31.7. The van der Waals surface area contributed by atoms with Crippen LogP contribution >= 0.6 is 0 Å². The summed E-state index contributed by atoms with van der Waals surface area (Å²) in [7, 11) is 1.37. The topological polar surface area (TPSA) is 114 Å². The Bertz CT molecular complexity index is 524. The second kappa shape index (κ2) is 5.02. The largest absolute Gasteiger partial charge is 0.394 e. The summed E-state index contributed by atoms with van der Waals surface area (Å²) in [6.07, 6.45) is -2.36. The number of rotatable bonds is 3. The molecule has 3 N–H and O–H groups in total. The first kappa shape index (κ1) is 13.0. The Hall–Kier alpha value is -1.48. The van der Waals surface area contributed by atoms with Crippen molar-refractivity contribution in [2.45, 2.75) is 24.5 Å². The Labute approximate surface area is 101 Å². The summed E-state index contributed by atoms with van der Waals surface area (Å²) in [4.78, 5) is 24.6. The number of hydrogen-bond acceptors (Lipinski definition) is 6. The van der Waals surface area contributed by atoms with Gasteiger partial charge in [-0.05, 0) is 0 Å². The molecule has 0 radical (unpaired) electrons. The first-order valence-electron chi connectivity index (χ1n) is 5.37. The lowest BCUT2D eigenvalue weighted by molar-refractivity contribution is -0.0569. The van der Waals surface area contributed by atoms with Crippen LogP contribution in [0.2, 0.25) is 0 Å². The zero-order chi connectivity index (χ0) is 13.3. The van der Waals surface area contributed by atoms with Crippen LogP contribution in [0.25, 0.3) is 0 Å². The lowest BCUT2D eigenvalue weighted by Crippen LogP contribution is -2.38. The van der Waals surface area contributed by atoms with Crippen molar-refractivity contribution in [3.05, 3.63) is 33.1 Å². The molecule has 1 aliphatic rings. The first-order chi connectivity index (χ1) is 8.58. The molecule has 1 saturated heterocycles. The van der Waals surface area contributed by atoms with E-state index in [0.29, 0.717) is 0 Å². The molecule has 1 aliphatic heterocycles. The number of methoxy groups -OCH3 is 1. The fraction of sp³-hybridized carbons (Fsp3) is 0.600. The molecule has 1 aromatic heterocycles. The molecule has 4 atom stereocenters. The molecule has 18 heavy (non-hydrogen) atoms. The van der Waals surface area contributed by atoms with Crippen molar-refractivity contribution in [2.24, 2.45) is 0 Å². The van der Waals surface area contributed by atoms with Crippen molar-refractivity contribution in [3.8, 4) is 0 Å². The minimum Gasteiger partial charge on any atom is -0.394 e. The zero-order valence-electron chi connectivity index (χ0n) is 9.65. The van der Waals surface area contributed by atoms with E-state index in [0.717, 1.165) is 10.6 Å². The average Bonchev–Trinajstić information content (AvgIpc) is 2.66. The van der Waals surface area contributed by atoms with E-state index in [-0.39, 0.29) is 6.61 Å². The molecule has 0 aromatic carbocycles. The molecule has 1 aromatic rings. The molecule has 0 bridgehead atoms.